The summed E-state index contributed by atoms with van der Waals surface area (Å²) >= 11 is 0. The van der Waals surface area contributed by atoms with E-state index in [1.54, 1.807) is 6.07 Å². The molecule has 1 aliphatic rings. The van der Waals surface area contributed by atoms with Crippen LogP contribution in [0.25, 0.3) is 0 Å². The Balaban J connectivity index is 1.70. The van der Waals surface area contributed by atoms with Crippen LogP contribution in [-0.2, 0) is 40.1 Å². The average Bonchev–Trinajstić information content (AvgIpc) is 2.68. The van der Waals surface area contributed by atoms with Crippen LogP contribution in [0.1, 0.15) is 29.7 Å². The summed E-state index contributed by atoms with van der Waals surface area (Å²) in [6, 6.07) is 10.1. The lowest BCUT2D eigenvalue weighted by atomic mass is 9.97. The van der Waals surface area contributed by atoms with Crippen LogP contribution >= 0.6 is 0 Å². The number of hydrogen-bond donors (Lipinski definition) is 1. The number of methoxy groups -OCH3 is 1. The molecule has 2 aromatic rings. The number of ether oxygens (including phenoxy) is 1. The summed E-state index contributed by atoms with van der Waals surface area (Å²) in [7, 11) is 1.28. The number of carbonyl (C=O) groups excluding carboxylic acids is 2. The molecule has 1 aliphatic carbocycles. The molecule has 0 fully saturated rings. The van der Waals surface area contributed by atoms with Gasteiger partial charge >= 0.3 is 5.97 Å². The molecular weight excluding hydrogens is 346 g/mol. The van der Waals surface area contributed by atoms with Gasteiger partial charge in [-0.2, -0.15) is 5.10 Å². The third-order valence-electron chi connectivity index (χ3n) is 4.67. The summed E-state index contributed by atoms with van der Waals surface area (Å²) in [4.78, 5) is 36.7. The second kappa shape index (κ2) is 8.62. The number of carbonyl (C=O) groups is 2. The zero-order chi connectivity index (χ0) is 19.2. The fourth-order valence-corrected chi connectivity index (χ4v) is 3.28. The molecule has 0 spiro atoms. The summed E-state index contributed by atoms with van der Waals surface area (Å²) in [6.45, 7) is -0.228. The Morgan fingerprint density at radius 1 is 1.22 bits per heavy atom. The third kappa shape index (κ3) is 4.81. The van der Waals surface area contributed by atoms with Gasteiger partial charge in [0, 0.05) is 12.5 Å². The molecular formula is C20H23N3O4. The predicted octanol–water partition coefficient (Wildman–Crippen LogP) is 1.02. The number of benzene rings is 1. The second-order valence-electron chi connectivity index (χ2n) is 6.65. The van der Waals surface area contributed by atoms with Crippen LogP contribution in [0.4, 0.5) is 0 Å². The van der Waals surface area contributed by atoms with Crippen molar-refractivity contribution in [3.8, 4) is 0 Å². The van der Waals surface area contributed by atoms with Gasteiger partial charge in [0.25, 0.3) is 5.56 Å². The van der Waals surface area contributed by atoms with E-state index in [0.717, 1.165) is 47.2 Å². The molecule has 1 N–H and O–H groups in total. The van der Waals surface area contributed by atoms with E-state index < -0.39 is 17.9 Å². The molecule has 3 rings (SSSR count). The lowest BCUT2D eigenvalue weighted by molar-refractivity contribution is -0.145. The van der Waals surface area contributed by atoms with Crippen molar-refractivity contribution in [2.45, 2.75) is 44.7 Å². The van der Waals surface area contributed by atoms with E-state index in [1.165, 1.54) is 7.11 Å². The first-order valence-corrected chi connectivity index (χ1v) is 9.08. The SMILES string of the molecule is COC(=O)[C@@H](Cc1ccccc1)NC(=O)Cn1nc2c(cc1=O)CCCC2. The third-order valence-corrected chi connectivity index (χ3v) is 4.67. The fraction of sp³-hybridized carbons (Fsp3) is 0.400. The fourth-order valence-electron chi connectivity index (χ4n) is 3.28. The summed E-state index contributed by atoms with van der Waals surface area (Å²) in [6.07, 6.45) is 4.07. The van der Waals surface area contributed by atoms with Gasteiger partial charge in [-0.1, -0.05) is 30.3 Å². The first kappa shape index (κ1) is 18.8. The maximum absolute atomic E-state index is 12.4. The van der Waals surface area contributed by atoms with E-state index in [-0.39, 0.29) is 12.1 Å². The molecule has 1 atom stereocenters. The summed E-state index contributed by atoms with van der Waals surface area (Å²) < 4.78 is 5.96. The van der Waals surface area contributed by atoms with Gasteiger partial charge in [0.2, 0.25) is 5.91 Å². The van der Waals surface area contributed by atoms with Gasteiger partial charge in [0.1, 0.15) is 12.6 Å². The largest absolute Gasteiger partial charge is 0.467 e. The summed E-state index contributed by atoms with van der Waals surface area (Å²) in [5.74, 6) is -0.982. The molecule has 27 heavy (non-hydrogen) atoms. The van der Waals surface area contributed by atoms with Crippen LogP contribution < -0.4 is 10.9 Å². The highest BCUT2D eigenvalue weighted by Gasteiger charge is 2.23. The van der Waals surface area contributed by atoms with Crippen LogP contribution in [0.2, 0.25) is 0 Å². The Bertz CT molecular complexity index is 877. The van der Waals surface area contributed by atoms with Crippen LogP contribution in [0.3, 0.4) is 0 Å². The van der Waals surface area contributed by atoms with E-state index in [9.17, 15) is 14.4 Å². The van der Waals surface area contributed by atoms with Gasteiger partial charge in [0.15, 0.2) is 0 Å². The molecule has 0 aliphatic heterocycles. The number of nitrogens with one attached hydrogen (secondary N) is 1. The van der Waals surface area contributed by atoms with Crippen molar-refractivity contribution in [1.82, 2.24) is 15.1 Å². The minimum atomic E-state index is -0.821. The Labute approximate surface area is 157 Å². The highest BCUT2D eigenvalue weighted by Crippen LogP contribution is 2.16. The van der Waals surface area contributed by atoms with E-state index in [4.69, 9.17) is 4.74 Å². The molecule has 0 saturated heterocycles. The van der Waals surface area contributed by atoms with Crippen molar-refractivity contribution in [3.63, 3.8) is 0 Å². The number of aryl methyl sites for hydroxylation is 2. The molecule has 1 amide bonds. The van der Waals surface area contributed by atoms with Crippen molar-refractivity contribution in [1.29, 1.82) is 0 Å². The van der Waals surface area contributed by atoms with Crippen molar-refractivity contribution >= 4 is 11.9 Å². The summed E-state index contributed by atoms with van der Waals surface area (Å²) in [5.41, 5.74) is 2.45. The van der Waals surface area contributed by atoms with Crippen molar-refractivity contribution in [2.24, 2.45) is 0 Å². The highest BCUT2D eigenvalue weighted by atomic mass is 16.5. The zero-order valence-corrected chi connectivity index (χ0v) is 15.3. The lowest BCUT2D eigenvalue weighted by Crippen LogP contribution is -2.45. The lowest BCUT2D eigenvalue weighted by Gasteiger charge is -2.18. The van der Waals surface area contributed by atoms with E-state index >= 15 is 0 Å². The molecule has 0 unspecified atom stereocenters. The number of esters is 1. The summed E-state index contributed by atoms with van der Waals surface area (Å²) in [5, 5.41) is 6.99. The van der Waals surface area contributed by atoms with E-state index in [2.05, 4.69) is 10.4 Å². The van der Waals surface area contributed by atoms with Crippen molar-refractivity contribution in [2.75, 3.05) is 7.11 Å². The van der Waals surface area contributed by atoms with Gasteiger partial charge in [-0.05, 0) is 36.8 Å². The molecule has 0 radical (unpaired) electrons. The van der Waals surface area contributed by atoms with Gasteiger partial charge < -0.3 is 10.1 Å². The maximum atomic E-state index is 12.4. The quantitative estimate of drug-likeness (QED) is 0.768. The van der Waals surface area contributed by atoms with Gasteiger partial charge in [0.05, 0.1) is 12.8 Å². The molecule has 7 heteroatoms. The molecule has 7 nitrogen and oxygen atoms in total. The van der Waals surface area contributed by atoms with Gasteiger partial charge in [-0.15, -0.1) is 0 Å². The Kier molecular flexibility index (Phi) is 6.01. The normalized spacial score (nSPS) is 14.1. The standard InChI is InChI=1S/C20H23N3O4/c1-27-20(26)17(11-14-7-3-2-4-8-14)21-18(24)13-23-19(25)12-15-9-5-6-10-16(15)22-23/h2-4,7-8,12,17H,5-6,9-11,13H2,1H3,(H,21,24)/t17-/m1/s1. The number of aromatic nitrogens is 2. The molecule has 0 bridgehead atoms. The van der Waals surface area contributed by atoms with Crippen LogP contribution in [0.15, 0.2) is 41.2 Å². The monoisotopic (exact) mass is 369 g/mol. The maximum Gasteiger partial charge on any atom is 0.328 e. The smallest absolute Gasteiger partial charge is 0.328 e. The van der Waals surface area contributed by atoms with Gasteiger partial charge in [-0.25, -0.2) is 9.48 Å². The molecule has 142 valence electrons. The van der Waals surface area contributed by atoms with Crippen molar-refractivity contribution < 1.29 is 14.3 Å². The molecule has 1 aromatic carbocycles. The topological polar surface area (TPSA) is 90.3 Å². The number of hydrogen-bond acceptors (Lipinski definition) is 5. The first-order chi connectivity index (χ1) is 13.1. The van der Waals surface area contributed by atoms with Crippen LogP contribution in [0.5, 0.6) is 0 Å². The minimum Gasteiger partial charge on any atom is -0.467 e. The first-order valence-electron chi connectivity index (χ1n) is 9.08. The van der Waals surface area contributed by atoms with Crippen molar-refractivity contribution in [3.05, 3.63) is 63.6 Å². The Hall–Kier alpha value is -2.96. The average molecular weight is 369 g/mol. The molecule has 1 heterocycles. The Morgan fingerprint density at radius 3 is 2.70 bits per heavy atom. The van der Waals surface area contributed by atoms with Crippen LogP contribution in [0, 0.1) is 0 Å². The predicted molar refractivity (Wildman–Crippen MR) is 99.2 cm³/mol. The number of nitrogens with zero attached hydrogens (tertiary/aromatic N) is 2. The van der Waals surface area contributed by atoms with Crippen LogP contribution in [-0.4, -0.2) is 34.8 Å². The second-order valence-corrected chi connectivity index (χ2v) is 6.65. The van der Waals surface area contributed by atoms with E-state index in [0.29, 0.717) is 6.42 Å². The number of amides is 1. The van der Waals surface area contributed by atoms with E-state index in [1.807, 2.05) is 30.3 Å². The minimum absolute atomic E-state index is 0.228. The molecule has 0 saturated carbocycles. The number of rotatable bonds is 6. The molecule has 1 aromatic heterocycles. The zero-order valence-electron chi connectivity index (χ0n) is 15.3. The highest BCUT2D eigenvalue weighted by molar-refractivity contribution is 5.84. The number of fused-ring (bicyclic) bond motifs is 1. The Morgan fingerprint density at radius 2 is 1.96 bits per heavy atom. The van der Waals surface area contributed by atoms with Gasteiger partial charge in [-0.3, -0.25) is 9.59 Å².